The maximum absolute atomic E-state index is 10.0. The summed E-state index contributed by atoms with van der Waals surface area (Å²) in [6.45, 7) is 1.84. The zero-order valence-electron chi connectivity index (χ0n) is 6.24. The van der Waals surface area contributed by atoms with Gasteiger partial charge in [0.05, 0.1) is 6.61 Å². The zero-order chi connectivity index (χ0) is 8.27. The Kier molecular flexibility index (Phi) is 2.33. The van der Waals surface area contributed by atoms with Crippen molar-refractivity contribution >= 4 is 5.69 Å². The average Bonchev–Trinajstić information content (AvgIpc) is 2.04. The van der Waals surface area contributed by atoms with Crippen LogP contribution in [0, 0.1) is 11.8 Å². The Balaban J connectivity index is 3.09. The lowest BCUT2D eigenvalue weighted by Crippen LogP contribution is -1.86. The second-order valence-electron chi connectivity index (χ2n) is 2.36. The quantitative estimate of drug-likeness (QED) is 0.656. The molecule has 11 heavy (non-hydrogen) atoms. The predicted molar refractivity (Wildman–Crippen MR) is 42.6 cm³/mol. The predicted octanol–water partition coefficient (Wildman–Crippen LogP) is 1.89. The van der Waals surface area contributed by atoms with Crippen LogP contribution in [0.5, 0.6) is 0 Å². The van der Waals surface area contributed by atoms with E-state index < -0.39 is 0 Å². The molecule has 0 aliphatic heterocycles. The van der Waals surface area contributed by atoms with Gasteiger partial charge in [-0.2, -0.15) is 0 Å². The average molecular weight is 151 g/mol. The number of nitrogens with zero attached hydrogens (tertiary/aromatic N) is 1. The van der Waals surface area contributed by atoms with Crippen molar-refractivity contribution in [2.24, 2.45) is 5.18 Å². The molecule has 0 amide bonds. The fraction of sp³-hybridized carbons (Fsp3) is 0.250. The summed E-state index contributed by atoms with van der Waals surface area (Å²) in [6, 6.07) is 4.94. The van der Waals surface area contributed by atoms with Gasteiger partial charge in [0.2, 0.25) is 0 Å². The summed E-state index contributed by atoms with van der Waals surface area (Å²) in [5, 5.41) is 11.5. The first-order valence-corrected chi connectivity index (χ1v) is 3.31. The van der Waals surface area contributed by atoms with Gasteiger partial charge in [-0.3, -0.25) is 0 Å². The van der Waals surface area contributed by atoms with Crippen molar-refractivity contribution in [1.82, 2.24) is 0 Å². The van der Waals surface area contributed by atoms with E-state index in [-0.39, 0.29) is 6.61 Å². The van der Waals surface area contributed by atoms with Crippen LogP contribution < -0.4 is 0 Å². The van der Waals surface area contributed by atoms with E-state index in [0.29, 0.717) is 5.69 Å². The molecule has 0 heterocycles. The number of aliphatic hydroxyl groups is 1. The highest BCUT2D eigenvalue weighted by Crippen LogP contribution is 2.16. The number of hydrogen-bond acceptors (Lipinski definition) is 3. The maximum Gasteiger partial charge on any atom is 0.108 e. The highest BCUT2D eigenvalue weighted by Gasteiger charge is 1.97. The van der Waals surface area contributed by atoms with Crippen LogP contribution in [0.3, 0.4) is 0 Å². The standard InChI is InChI=1S/C8H9NO2/c1-6-4-8(9-11)3-2-7(6)5-10/h2-4,10H,5H2,1H3. The lowest BCUT2D eigenvalue weighted by atomic mass is 10.1. The molecule has 0 unspecified atom stereocenters. The Morgan fingerprint density at radius 3 is 2.73 bits per heavy atom. The molecule has 0 saturated heterocycles. The van der Waals surface area contributed by atoms with Crippen molar-refractivity contribution in [2.45, 2.75) is 13.5 Å². The van der Waals surface area contributed by atoms with E-state index in [9.17, 15) is 4.91 Å². The molecule has 0 radical (unpaired) electrons. The maximum atomic E-state index is 10.0. The molecule has 1 aromatic rings. The van der Waals surface area contributed by atoms with E-state index in [4.69, 9.17) is 5.11 Å². The smallest absolute Gasteiger partial charge is 0.108 e. The van der Waals surface area contributed by atoms with Gasteiger partial charge in [-0.05, 0) is 35.4 Å². The van der Waals surface area contributed by atoms with Crippen LogP contribution >= 0.6 is 0 Å². The fourth-order valence-electron chi connectivity index (χ4n) is 0.914. The molecule has 0 saturated carbocycles. The Labute approximate surface area is 64.7 Å². The van der Waals surface area contributed by atoms with Crippen molar-refractivity contribution in [1.29, 1.82) is 0 Å². The number of nitroso groups, excluding NO2 is 1. The van der Waals surface area contributed by atoms with Crippen LogP contribution in [0.4, 0.5) is 5.69 Å². The van der Waals surface area contributed by atoms with Crippen molar-refractivity contribution in [2.75, 3.05) is 0 Å². The van der Waals surface area contributed by atoms with E-state index in [1.807, 2.05) is 6.92 Å². The first-order valence-electron chi connectivity index (χ1n) is 3.31. The molecule has 58 valence electrons. The molecule has 0 fully saturated rings. The van der Waals surface area contributed by atoms with Gasteiger partial charge in [0.1, 0.15) is 5.69 Å². The number of rotatable bonds is 2. The van der Waals surface area contributed by atoms with Crippen molar-refractivity contribution in [3.63, 3.8) is 0 Å². The third-order valence-corrected chi connectivity index (χ3v) is 1.60. The summed E-state index contributed by atoms with van der Waals surface area (Å²) in [4.78, 5) is 10.0. The van der Waals surface area contributed by atoms with E-state index in [1.54, 1.807) is 18.2 Å². The van der Waals surface area contributed by atoms with E-state index in [1.165, 1.54) is 0 Å². The van der Waals surface area contributed by atoms with Gasteiger partial charge in [0, 0.05) is 0 Å². The molecule has 0 spiro atoms. The molecule has 0 atom stereocenters. The zero-order valence-corrected chi connectivity index (χ0v) is 6.24. The minimum absolute atomic E-state index is 0.00493. The molecule has 1 rings (SSSR count). The van der Waals surface area contributed by atoms with Crippen LogP contribution in [-0.4, -0.2) is 5.11 Å². The first kappa shape index (κ1) is 7.88. The highest BCUT2D eigenvalue weighted by molar-refractivity contribution is 5.43. The van der Waals surface area contributed by atoms with Crippen LogP contribution in [0.25, 0.3) is 0 Å². The van der Waals surface area contributed by atoms with E-state index in [0.717, 1.165) is 11.1 Å². The van der Waals surface area contributed by atoms with Crippen LogP contribution in [0.2, 0.25) is 0 Å². The Hall–Kier alpha value is -1.22. The van der Waals surface area contributed by atoms with Crippen LogP contribution in [0.15, 0.2) is 23.4 Å². The SMILES string of the molecule is Cc1cc(N=O)ccc1CO. The van der Waals surface area contributed by atoms with Crippen molar-refractivity contribution in [3.05, 3.63) is 34.2 Å². The summed E-state index contributed by atoms with van der Waals surface area (Å²) in [7, 11) is 0. The molecular formula is C8H9NO2. The molecule has 3 heteroatoms. The molecule has 1 aromatic carbocycles. The van der Waals surface area contributed by atoms with Crippen LogP contribution in [-0.2, 0) is 6.61 Å². The molecule has 1 N–H and O–H groups in total. The fourth-order valence-corrected chi connectivity index (χ4v) is 0.914. The third-order valence-electron chi connectivity index (χ3n) is 1.60. The summed E-state index contributed by atoms with van der Waals surface area (Å²) >= 11 is 0. The highest BCUT2D eigenvalue weighted by atomic mass is 16.3. The normalized spacial score (nSPS) is 9.64. The van der Waals surface area contributed by atoms with E-state index >= 15 is 0 Å². The Morgan fingerprint density at radius 1 is 1.55 bits per heavy atom. The molecule has 0 aromatic heterocycles. The minimum atomic E-state index is 0.00493. The number of aryl methyl sites for hydroxylation is 1. The number of hydrogen-bond donors (Lipinski definition) is 1. The Bertz CT molecular complexity index is 271. The third kappa shape index (κ3) is 1.62. The summed E-state index contributed by atoms with van der Waals surface area (Å²) in [6.07, 6.45) is 0. The molecular weight excluding hydrogens is 142 g/mol. The summed E-state index contributed by atoms with van der Waals surface area (Å²) in [5.41, 5.74) is 2.13. The molecule has 0 aliphatic rings. The summed E-state index contributed by atoms with van der Waals surface area (Å²) < 4.78 is 0. The Morgan fingerprint density at radius 2 is 2.27 bits per heavy atom. The summed E-state index contributed by atoms with van der Waals surface area (Å²) in [5.74, 6) is 0. The minimum Gasteiger partial charge on any atom is -0.392 e. The van der Waals surface area contributed by atoms with Gasteiger partial charge < -0.3 is 5.11 Å². The lowest BCUT2D eigenvalue weighted by molar-refractivity contribution is 0.281. The van der Waals surface area contributed by atoms with Gasteiger partial charge >= 0.3 is 0 Å². The number of benzene rings is 1. The second-order valence-corrected chi connectivity index (χ2v) is 2.36. The molecule has 0 aliphatic carbocycles. The van der Waals surface area contributed by atoms with Crippen molar-refractivity contribution in [3.8, 4) is 0 Å². The monoisotopic (exact) mass is 151 g/mol. The van der Waals surface area contributed by atoms with Gasteiger partial charge in [0.25, 0.3) is 0 Å². The topological polar surface area (TPSA) is 49.7 Å². The second kappa shape index (κ2) is 3.25. The molecule has 3 nitrogen and oxygen atoms in total. The first-order chi connectivity index (χ1) is 5.27. The van der Waals surface area contributed by atoms with Gasteiger partial charge in [-0.25, -0.2) is 0 Å². The lowest BCUT2D eigenvalue weighted by Gasteiger charge is -2.00. The van der Waals surface area contributed by atoms with Gasteiger partial charge in [0.15, 0.2) is 0 Å². The largest absolute Gasteiger partial charge is 0.392 e. The number of aliphatic hydroxyl groups excluding tert-OH is 1. The molecule has 0 bridgehead atoms. The van der Waals surface area contributed by atoms with Gasteiger partial charge in [-0.1, -0.05) is 6.07 Å². The van der Waals surface area contributed by atoms with Gasteiger partial charge in [-0.15, -0.1) is 4.91 Å². The van der Waals surface area contributed by atoms with E-state index in [2.05, 4.69) is 5.18 Å². The van der Waals surface area contributed by atoms with Crippen molar-refractivity contribution < 1.29 is 5.11 Å². The van der Waals surface area contributed by atoms with Crippen LogP contribution in [0.1, 0.15) is 11.1 Å².